The Bertz CT molecular complexity index is 435. The van der Waals surface area contributed by atoms with Crippen molar-refractivity contribution in [2.24, 2.45) is 0 Å². The highest BCUT2D eigenvalue weighted by Gasteiger charge is 2.64. The molecular formula is C10H16F4O5S. The average Bonchev–Trinajstić information content (AvgIpc) is 2.26. The number of rotatable bonds is 9. The maximum Gasteiger partial charge on any atom is 0.431 e. The molecule has 0 aromatic heterocycles. The molecule has 0 aliphatic carbocycles. The molecule has 20 heavy (non-hydrogen) atoms. The molecule has 0 aliphatic heterocycles. The molecule has 5 nitrogen and oxygen atoms in total. The summed E-state index contributed by atoms with van der Waals surface area (Å²) in [5, 5.41) is 3.58. The van der Waals surface area contributed by atoms with Gasteiger partial charge in [-0.05, 0) is 25.3 Å². The molecule has 0 radical (unpaired) electrons. The second-order valence-electron chi connectivity index (χ2n) is 4.22. The van der Waals surface area contributed by atoms with Crippen LogP contribution in [0.25, 0.3) is 0 Å². The summed E-state index contributed by atoms with van der Waals surface area (Å²) in [4.78, 5) is 0. The van der Waals surface area contributed by atoms with Crippen LogP contribution in [-0.4, -0.2) is 42.2 Å². The molecule has 1 atom stereocenters. The Morgan fingerprint density at radius 3 is 2.20 bits per heavy atom. The van der Waals surface area contributed by atoms with E-state index >= 15 is 0 Å². The lowest BCUT2D eigenvalue weighted by Gasteiger charge is -2.23. The van der Waals surface area contributed by atoms with Crippen molar-refractivity contribution < 1.29 is 40.4 Å². The second kappa shape index (κ2) is 6.83. The lowest BCUT2D eigenvalue weighted by atomic mass is 10.1. The van der Waals surface area contributed by atoms with Crippen molar-refractivity contribution in [3.8, 4) is 0 Å². The first-order chi connectivity index (χ1) is 8.83. The number of alkyl halides is 4. The number of halogens is 4. The SMILES string of the molecule is C=C(C)C(O)OCCCCC(F)(F)C(F)(F)S(=O)(=O)O. The Morgan fingerprint density at radius 2 is 1.80 bits per heavy atom. The summed E-state index contributed by atoms with van der Waals surface area (Å²) in [5.74, 6) is -4.90. The van der Waals surface area contributed by atoms with E-state index in [1.165, 1.54) is 6.92 Å². The third-order valence-electron chi connectivity index (χ3n) is 2.33. The molecule has 0 saturated carbocycles. The van der Waals surface area contributed by atoms with E-state index in [1.807, 2.05) is 0 Å². The lowest BCUT2D eigenvalue weighted by molar-refractivity contribution is -0.165. The fourth-order valence-electron chi connectivity index (χ4n) is 1.12. The van der Waals surface area contributed by atoms with Crippen LogP contribution in [0, 0.1) is 0 Å². The number of aliphatic hydroxyl groups is 1. The number of ether oxygens (including phenoxy) is 1. The van der Waals surface area contributed by atoms with Crippen LogP contribution in [0.3, 0.4) is 0 Å². The predicted molar refractivity (Wildman–Crippen MR) is 62.1 cm³/mol. The fraction of sp³-hybridized carbons (Fsp3) is 0.800. The second-order valence-corrected chi connectivity index (χ2v) is 5.69. The first kappa shape index (κ1) is 19.3. The molecule has 0 heterocycles. The molecule has 0 spiro atoms. The average molecular weight is 324 g/mol. The Hall–Kier alpha value is -0.710. The molecule has 0 aromatic carbocycles. The van der Waals surface area contributed by atoms with Gasteiger partial charge in [-0.25, -0.2) is 0 Å². The van der Waals surface area contributed by atoms with Crippen LogP contribution in [0.5, 0.6) is 0 Å². The van der Waals surface area contributed by atoms with Crippen molar-refractivity contribution in [3.63, 3.8) is 0 Å². The topological polar surface area (TPSA) is 83.8 Å². The van der Waals surface area contributed by atoms with Crippen LogP contribution in [-0.2, 0) is 14.9 Å². The van der Waals surface area contributed by atoms with Gasteiger partial charge in [-0.15, -0.1) is 0 Å². The van der Waals surface area contributed by atoms with Crippen molar-refractivity contribution >= 4 is 10.1 Å². The number of unbranched alkanes of at least 4 members (excludes halogenated alkanes) is 1. The minimum atomic E-state index is -6.19. The largest absolute Gasteiger partial charge is 0.431 e. The highest BCUT2D eigenvalue weighted by molar-refractivity contribution is 7.87. The molecule has 0 fully saturated rings. The van der Waals surface area contributed by atoms with Gasteiger partial charge in [-0.3, -0.25) is 4.55 Å². The van der Waals surface area contributed by atoms with Crippen molar-refractivity contribution in [1.82, 2.24) is 0 Å². The molecule has 0 rings (SSSR count). The van der Waals surface area contributed by atoms with Crippen LogP contribution >= 0.6 is 0 Å². The van der Waals surface area contributed by atoms with Crippen LogP contribution < -0.4 is 0 Å². The van der Waals surface area contributed by atoms with E-state index < -0.39 is 40.4 Å². The minimum absolute atomic E-state index is 0.110. The summed E-state index contributed by atoms with van der Waals surface area (Å²) in [6.45, 7) is 4.63. The summed E-state index contributed by atoms with van der Waals surface area (Å²) in [6, 6.07) is 0. The maximum atomic E-state index is 13.0. The molecule has 2 N–H and O–H groups in total. The fourth-order valence-corrected chi connectivity index (χ4v) is 1.60. The Labute approximate surface area is 114 Å². The van der Waals surface area contributed by atoms with E-state index in [2.05, 4.69) is 6.58 Å². The van der Waals surface area contributed by atoms with Gasteiger partial charge in [0, 0.05) is 6.42 Å². The summed E-state index contributed by atoms with van der Waals surface area (Å²) in [6.07, 6.45) is -3.33. The minimum Gasteiger partial charge on any atom is -0.364 e. The molecular weight excluding hydrogens is 308 g/mol. The third-order valence-corrected chi connectivity index (χ3v) is 3.28. The normalized spacial score (nSPS) is 15.2. The van der Waals surface area contributed by atoms with Gasteiger partial charge in [0.15, 0.2) is 6.29 Å². The lowest BCUT2D eigenvalue weighted by Crippen LogP contribution is -2.46. The monoisotopic (exact) mass is 324 g/mol. The maximum absolute atomic E-state index is 13.0. The summed E-state index contributed by atoms with van der Waals surface area (Å²) < 4.78 is 84.8. The van der Waals surface area contributed by atoms with Crippen molar-refractivity contribution in [3.05, 3.63) is 12.2 Å². The van der Waals surface area contributed by atoms with Crippen molar-refractivity contribution in [2.75, 3.05) is 6.61 Å². The van der Waals surface area contributed by atoms with Gasteiger partial charge in [0.1, 0.15) is 0 Å². The van der Waals surface area contributed by atoms with Crippen molar-refractivity contribution in [1.29, 1.82) is 0 Å². The molecule has 10 heteroatoms. The number of hydrogen-bond acceptors (Lipinski definition) is 4. The van der Waals surface area contributed by atoms with Crippen LogP contribution in [0.4, 0.5) is 17.6 Å². The molecule has 0 amide bonds. The molecule has 0 aliphatic rings. The van der Waals surface area contributed by atoms with E-state index in [9.17, 15) is 26.0 Å². The number of aliphatic hydroxyl groups excluding tert-OH is 1. The van der Waals surface area contributed by atoms with Crippen LogP contribution in [0.2, 0.25) is 0 Å². The highest BCUT2D eigenvalue weighted by Crippen LogP contribution is 2.41. The van der Waals surface area contributed by atoms with E-state index in [1.54, 1.807) is 0 Å². The van der Waals surface area contributed by atoms with E-state index in [0.717, 1.165) is 0 Å². The van der Waals surface area contributed by atoms with Crippen LogP contribution in [0.1, 0.15) is 26.2 Å². The summed E-state index contributed by atoms with van der Waals surface area (Å²) in [5.41, 5.74) is 0.285. The molecule has 1 unspecified atom stereocenters. The predicted octanol–water partition coefficient (Wildman–Crippen LogP) is 2.18. The molecule has 0 aromatic rings. The Balaban J connectivity index is 4.29. The summed E-state index contributed by atoms with van der Waals surface area (Å²) >= 11 is 0. The number of hydrogen-bond donors (Lipinski definition) is 2. The molecule has 0 bridgehead atoms. The van der Waals surface area contributed by atoms with Gasteiger partial charge < -0.3 is 9.84 Å². The van der Waals surface area contributed by atoms with Gasteiger partial charge in [0.2, 0.25) is 0 Å². The van der Waals surface area contributed by atoms with Crippen LogP contribution in [0.15, 0.2) is 12.2 Å². The third kappa shape index (κ3) is 5.00. The quantitative estimate of drug-likeness (QED) is 0.223. The van der Waals surface area contributed by atoms with E-state index in [-0.39, 0.29) is 18.6 Å². The van der Waals surface area contributed by atoms with Crippen molar-refractivity contribution in [2.45, 2.75) is 43.7 Å². The van der Waals surface area contributed by atoms with Gasteiger partial charge in [-0.2, -0.15) is 26.0 Å². The van der Waals surface area contributed by atoms with E-state index in [4.69, 9.17) is 14.4 Å². The standard InChI is InChI=1S/C10H16F4O5S/c1-7(2)8(15)19-6-4-3-5-9(11,12)10(13,14)20(16,17)18/h8,15H,1,3-6H2,2H3,(H,16,17,18). The van der Waals surface area contributed by atoms with Gasteiger partial charge in [-0.1, -0.05) is 6.58 Å². The molecule has 0 saturated heterocycles. The van der Waals surface area contributed by atoms with Gasteiger partial charge in [0.25, 0.3) is 0 Å². The highest BCUT2D eigenvalue weighted by atomic mass is 32.2. The first-order valence-corrected chi connectivity index (χ1v) is 6.94. The first-order valence-electron chi connectivity index (χ1n) is 5.50. The van der Waals surface area contributed by atoms with Gasteiger partial charge >= 0.3 is 21.3 Å². The zero-order valence-electron chi connectivity index (χ0n) is 10.7. The summed E-state index contributed by atoms with van der Waals surface area (Å²) in [7, 11) is -6.19. The zero-order chi connectivity index (χ0) is 16.2. The Kier molecular flexibility index (Phi) is 6.59. The zero-order valence-corrected chi connectivity index (χ0v) is 11.5. The molecule has 120 valence electrons. The smallest absolute Gasteiger partial charge is 0.364 e. The van der Waals surface area contributed by atoms with E-state index in [0.29, 0.717) is 0 Å². The van der Waals surface area contributed by atoms with Gasteiger partial charge in [0.05, 0.1) is 6.61 Å². The Morgan fingerprint density at radius 1 is 1.30 bits per heavy atom.